The molecule has 0 aromatic heterocycles. The second kappa shape index (κ2) is 7.95. The molecule has 2 atom stereocenters. The minimum Gasteiger partial charge on any atom is -0.368 e. The van der Waals surface area contributed by atoms with Gasteiger partial charge in [0.25, 0.3) is 0 Å². The Morgan fingerprint density at radius 1 is 1.25 bits per heavy atom. The topological polar surface area (TPSA) is 92.5 Å². The van der Waals surface area contributed by atoms with E-state index in [0.717, 1.165) is 12.0 Å². The van der Waals surface area contributed by atoms with Crippen LogP contribution in [0, 0.1) is 5.92 Å². The van der Waals surface area contributed by atoms with Crippen molar-refractivity contribution in [2.45, 2.75) is 45.2 Å². The second-order valence-electron chi connectivity index (χ2n) is 6.54. The van der Waals surface area contributed by atoms with Gasteiger partial charge in [0.05, 0.1) is 6.42 Å². The van der Waals surface area contributed by atoms with Gasteiger partial charge in [0.2, 0.25) is 17.7 Å². The summed E-state index contributed by atoms with van der Waals surface area (Å²) in [5, 5.41) is 2.82. The van der Waals surface area contributed by atoms with Gasteiger partial charge in [0, 0.05) is 6.54 Å². The Morgan fingerprint density at radius 3 is 2.50 bits per heavy atom. The van der Waals surface area contributed by atoms with Gasteiger partial charge < -0.3 is 16.0 Å². The lowest BCUT2D eigenvalue weighted by atomic mass is 10.0. The number of rotatable bonds is 6. The van der Waals surface area contributed by atoms with Crippen LogP contribution in [0.2, 0.25) is 0 Å². The van der Waals surface area contributed by atoms with Crippen molar-refractivity contribution in [1.82, 2.24) is 10.2 Å². The van der Waals surface area contributed by atoms with Crippen molar-refractivity contribution in [2.75, 3.05) is 6.54 Å². The molecule has 130 valence electrons. The van der Waals surface area contributed by atoms with Crippen LogP contribution in [0.25, 0.3) is 0 Å². The molecule has 0 saturated carbocycles. The van der Waals surface area contributed by atoms with Crippen molar-refractivity contribution in [3.63, 3.8) is 0 Å². The van der Waals surface area contributed by atoms with Gasteiger partial charge in [-0.2, -0.15) is 0 Å². The van der Waals surface area contributed by atoms with Crippen LogP contribution in [0.4, 0.5) is 0 Å². The van der Waals surface area contributed by atoms with E-state index < -0.39 is 18.0 Å². The molecule has 1 aliphatic heterocycles. The molecule has 6 heteroatoms. The molecular formula is C18H25N3O3. The third kappa shape index (κ3) is 4.34. The van der Waals surface area contributed by atoms with Gasteiger partial charge in [-0.15, -0.1) is 0 Å². The van der Waals surface area contributed by atoms with Crippen LogP contribution in [-0.2, 0) is 20.8 Å². The molecule has 6 nitrogen and oxygen atoms in total. The van der Waals surface area contributed by atoms with Crippen molar-refractivity contribution in [3.8, 4) is 0 Å². The molecule has 1 aliphatic rings. The third-order valence-corrected chi connectivity index (χ3v) is 4.32. The summed E-state index contributed by atoms with van der Waals surface area (Å²) in [6, 6.07) is 8.15. The van der Waals surface area contributed by atoms with Crippen molar-refractivity contribution >= 4 is 17.7 Å². The highest BCUT2D eigenvalue weighted by Crippen LogP contribution is 2.20. The minimum absolute atomic E-state index is 0.0775. The first-order valence-electron chi connectivity index (χ1n) is 8.33. The van der Waals surface area contributed by atoms with Gasteiger partial charge >= 0.3 is 0 Å². The van der Waals surface area contributed by atoms with E-state index in [4.69, 9.17) is 5.73 Å². The maximum absolute atomic E-state index is 12.8. The van der Waals surface area contributed by atoms with Crippen LogP contribution in [0.15, 0.2) is 30.3 Å². The highest BCUT2D eigenvalue weighted by atomic mass is 16.2. The molecule has 3 amide bonds. The van der Waals surface area contributed by atoms with Gasteiger partial charge in [-0.1, -0.05) is 44.2 Å². The monoisotopic (exact) mass is 331 g/mol. The van der Waals surface area contributed by atoms with Gasteiger partial charge in [0.15, 0.2) is 0 Å². The molecule has 2 rings (SSSR count). The molecule has 0 aliphatic carbocycles. The molecule has 1 saturated heterocycles. The zero-order valence-electron chi connectivity index (χ0n) is 14.2. The first-order chi connectivity index (χ1) is 11.4. The van der Waals surface area contributed by atoms with Gasteiger partial charge in [-0.3, -0.25) is 14.4 Å². The Bertz CT molecular complexity index is 601. The molecule has 0 spiro atoms. The molecule has 3 N–H and O–H groups in total. The average Bonchev–Trinajstić information content (AvgIpc) is 3.02. The van der Waals surface area contributed by atoms with Crippen molar-refractivity contribution < 1.29 is 14.4 Å². The summed E-state index contributed by atoms with van der Waals surface area (Å²) in [5.74, 6) is -0.999. The zero-order valence-corrected chi connectivity index (χ0v) is 14.2. The maximum Gasteiger partial charge on any atom is 0.246 e. The fourth-order valence-electron chi connectivity index (χ4n) is 3.02. The number of benzene rings is 1. The summed E-state index contributed by atoms with van der Waals surface area (Å²) in [4.78, 5) is 38.1. The molecule has 1 fully saturated rings. The number of carbonyl (C=O) groups excluding carboxylic acids is 3. The molecule has 1 aromatic rings. The summed E-state index contributed by atoms with van der Waals surface area (Å²) >= 11 is 0. The number of nitrogens with one attached hydrogen (secondary N) is 1. The van der Waals surface area contributed by atoms with E-state index in [-0.39, 0.29) is 24.2 Å². The zero-order chi connectivity index (χ0) is 17.7. The largest absolute Gasteiger partial charge is 0.368 e. The van der Waals surface area contributed by atoms with Crippen LogP contribution in [0.5, 0.6) is 0 Å². The average molecular weight is 331 g/mol. The fraction of sp³-hybridized carbons (Fsp3) is 0.500. The van der Waals surface area contributed by atoms with E-state index in [2.05, 4.69) is 5.32 Å². The van der Waals surface area contributed by atoms with Crippen molar-refractivity contribution in [2.24, 2.45) is 11.7 Å². The second-order valence-corrected chi connectivity index (χ2v) is 6.54. The van der Waals surface area contributed by atoms with E-state index in [1.807, 2.05) is 44.2 Å². The predicted molar refractivity (Wildman–Crippen MR) is 90.8 cm³/mol. The number of carbonyl (C=O) groups is 3. The molecule has 0 bridgehead atoms. The summed E-state index contributed by atoms with van der Waals surface area (Å²) in [5.41, 5.74) is 6.28. The number of primary amides is 1. The maximum atomic E-state index is 12.8. The van der Waals surface area contributed by atoms with Gasteiger partial charge in [-0.25, -0.2) is 0 Å². The number of hydrogen-bond donors (Lipinski definition) is 2. The van der Waals surface area contributed by atoms with Crippen LogP contribution in [0.3, 0.4) is 0 Å². The van der Waals surface area contributed by atoms with Crippen LogP contribution >= 0.6 is 0 Å². The Kier molecular flexibility index (Phi) is 5.95. The molecule has 24 heavy (non-hydrogen) atoms. The Balaban J connectivity index is 2.04. The third-order valence-electron chi connectivity index (χ3n) is 4.32. The molecular weight excluding hydrogens is 306 g/mol. The smallest absolute Gasteiger partial charge is 0.246 e. The number of nitrogens with zero attached hydrogens (tertiary/aromatic N) is 1. The molecule has 1 heterocycles. The van der Waals surface area contributed by atoms with Crippen LogP contribution < -0.4 is 11.1 Å². The predicted octanol–water partition coefficient (Wildman–Crippen LogP) is 0.846. The van der Waals surface area contributed by atoms with E-state index in [9.17, 15) is 14.4 Å². The lowest BCUT2D eigenvalue weighted by Crippen LogP contribution is -2.54. The Morgan fingerprint density at radius 2 is 1.92 bits per heavy atom. The SMILES string of the molecule is CC(C)[C@H](NC(=O)Cc1ccccc1)C(=O)N1CCCC1C(N)=O. The van der Waals surface area contributed by atoms with Crippen molar-refractivity contribution in [3.05, 3.63) is 35.9 Å². The van der Waals surface area contributed by atoms with E-state index >= 15 is 0 Å². The first-order valence-corrected chi connectivity index (χ1v) is 8.33. The fourth-order valence-corrected chi connectivity index (χ4v) is 3.02. The quantitative estimate of drug-likeness (QED) is 0.809. The van der Waals surface area contributed by atoms with Crippen LogP contribution in [0.1, 0.15) is 32.3 Å². The van der Waals surface area contributed by atoms with Gasteiger partial charge in [0.1, 0.15) is 12.1 Å². The first kappa shape index (κ1) is 18.0. The lowest BCUT2D eigenvalue weighted by Gasteiger charge is -2.29. The highest BCUT2D eigenvalue weighted by molar-refractivity contribution is 5.92. The number of nitrogens with two attached hydrogens (primary N) is 1. The summed E-state index contributed by atoms with van der Waals surface area (Å²) < 4.78 is 0. The van der Waals surface area contributed by atoms with Crippen molar-refractivity contribution in [1.29, 1.82) is 0 Å². The van der Waals surface area contributed by atoms with E-state index in [0.29, 0.717) is 13.0 Å². The molecule has 1 aromatic carbocycles. The number of likely N-dealkylation sites (tertiary alicyclic amines) is 1. The Labute approximate surface area is 142 Å². The minimum atomic E-state index is -0.652. The van der Waals surface area contributed by atoms with Gasteiger partial charge in [-0.05, 0) is 24.3 Å². The normalized spacial score (nSPS) is 18.5. The summed E-state index contributed by atoms with van der Waals surface area (Å²) in [6.45, 7) is 4.26. The highest BCUT2D eigenvalue weighted by Gasteiger charge is 2.37. The van der Waals surface area contributed by atoms with Crippen LogP contribution in [-0.4, -0.2) is 41.2 Å². The number of amides is 3. The standard InChI is InChI=1S/C18H25N3O3/c1-12(2)16(18(24)21-10-6-9-14(21)17(19)23)20-15(22)11-13-7-4-3-5-8-13/h3-5,7-8,12,14,16H,6,9-11H2,1-2H3,(H2,19,23)(H,20,22)/t14?,16-/m0/s1. The lowest BCUT2D eigenvalue weighted by molar-refractivity contribution is -0.141. The molecule has 0 radical (unpaired) electrons. The van der Waals surface area contributed by atoms with E-state index in [1.54, 1.807) is 0 Å². The van der Waals surface area contributed by atoms with E-state index in [1.165, 1.54) is 4.90 Å². The molecule has 1 unspecified atom stereocenters. The Hall–Kier alpha value is -2.37. The number of hydrogen-bond acceptors (Lipinski definition) is 3. The summed E-state index contributed by atoms with van der Waals surface area (Å²) in [7, 11) is 0. The summed E-state index contributed by atoms with van der Waals surface area (Å²) in [6.07, 6.45) is 1.56.